The van der Waals surface area contributed by atoms with E-state index < -0.39 is 21.7 Å². The lowest BCUT2D eigenvalue weighted by molar-refractivity contribution is 0.0292. The molecule has 6 nitrogen and oxygen atoms in total. The van der Waals surface area contributed by atoms with E-state index in [1.807, 2.05) is 0 Å². The standard InChI is InChI=1S/C16H23ClN2O4S/c1-16(2,3)23-15(20)19-9-8-13(10-19)18-24(21,22)11-12-6-4-5-7-14(12)17/h4-7,13,18H,8-11H2,1-3H3/t13-/m0/s1. The Bertz CT molecular complexity index is 700. The molecule has 1 aromatic carbocycles. The predicted octanol–water partition coefficient (Wildman–Crippen LogP) is 2.77. The van der Waals surface area contributed by atoms with Gasteiger partial charge in [0, 0.05) is 24.2 Å². The van der Waals surface area contributed by atoms with Crippen molar-refractivity contribution in [3.05, 3.63) is 34.9 Å². The molecule has 1 saturated heterocycles. The first-order valence-electron chi connectivity index (χ1n) is 7.77. The van der Waals surface area contributed by atoms with Crippen molar-refractivity contribution >= 4 is 27.7 Å². The summed E-state index contributed by atoms with van der Waals surface area (Å²) in [5.41, 5.74) is -0.0210. The number of ether oxygens (including phenoxy) is 1. The van der Waals surface area contributed by atoms with Gasteiger partial charge in [0.15, 0.2) is 0 Å². The fourth-order valence-corrected chi connectivity index (χ4v) is 4.19. The van der Waals surface area contributed by atoms with Gasteiger partial charge in [-0.1, -0.05) is 29.8 Å². The monoisotopic (exact) mass is 374 g/mol. The Morgan fingerprint density at radius 2 is 2.04 bits per heavy atom. The van der Waals surface area contributed by atoms with Gasteiger partial charge >= 0.3 is 6.09 Å². The number of likely N-dealkylation sites (tertiary alicyclic amines) is 1. The highest BCUT2D eigenvalue weighted by atomic mass is 35.5. The number of nitrogens with zero attached hydrogens (tertiary/aromatic N) is 1. The van der Waals surface area contributed by atoms with Gasteiger partial charge in [-0.05, 0) is 38.8 Å². The number of nitrogens with one attached hydrogen (secondary N) is 1. The molecule has 0 bridgehead atoms. The Kier molecular flexibility index (Phi) is 5.78. The summed E-state index contributed by atoms with van der Waals surface area (Å²) in [7, 11) is -3.54. The normalized spacial score (nSPS) is 18.7. The lowest BCUT2D eigenvalue weighted by Crippen LogP contribution is -2.40. The van der Waals surface area contributed by atoms with E-state index in [-0.39, 0.29) is 11.8 Å². The third-order valence-corrected chi connectivity index (χ3v) is 5.24. The second-order valence-electron chi connectivity index (χ2n) is 6.88. The molecule has 2 rings (SSSR count). The Balaban J connectivity index is 1.92. The minimum absolute atomic E-state index is 0.185. The topological polar surface area (TPSA) is 75.7 Å². The van der Waals surface area contributed by atoms with Crippen LogP contribution in [-0.4, -0.2) is 44.1 Å². The molecule has 1 aromatic rings. The Labute approximate surface area is 148 Å². The van der Waals surface area contributed by atoms with Crippen molar-refractivity contribution in [2.45, 2.75) is 44.6 Å². The summed E-state index contributed by atoms with van der Waals surface area (Å²) in [6.07, 6.45) is 0.136. The van der Waals surface area contributed by atoms with Crippen molar-refractivity contribution in [3.8, 4) is 0 Å². The van der Waals surface area contributed by atoms with E-state index in [4.69, 9.17) is 16.3 Å². The number of sulfonamides is 1. The Hall–Kier alpha value is -1.31. The SMILES string of the molecule is CC(C)(C)OC(=O)N1CC[C@H](NS(=O)(=O)Cc2ccccc2Cl)C1. The molecule has 0 aliphatic carbocycles. The summed E-state index contributed by atoms with van der Waals surface area (Å²) >= 11 is 6.01. The molecule has 8 heteroatoms. The van der Waals surface area contributed by atoms with Crippen LogP contribution in [0.3, 0.4) is 0 Å². The number of amides is 1. The van der Waals surface area contributed by atoms with Crippen LogP contribution >= 0.6 is 11.6 Å². The summed E-state index contributed by atoms with van der Waals surface area (Å²) in [5.74, 6) is -0.185. The van der Waals surface area contributed by atoms with Gasteiger partial charge in [-0.2, -0.15) is 0 Å². The summed E-state index contributed by atoms with van der Waals surface area (Å²) < 4.78 is 32.6. The van der Waals surface area contributed by atoms with Crippen molar-refractivity contribution in [2.75, 3.05) is 13.1 Å². The number of hydrogen-bond donors (Lipinski definition) is 1. The third-order valence-electron chi connectivity index (χ3n) is 3.49. The van der Waals surface area contributed by atoms with Gasteiger partial charge in [-0.3, -0.25) is 0 Å². The maximum Gasteiger partial charge on any atom is 0.410 e. The number of halogens is 1. The van der Waals surface area contributed by atoms with Gasteiger partial charge in [-0.25, -0.2) is 17.9 Å². The zero-order chi connectivity index (χ0) is 18.0. The van der Waals surface area contributed by atoms with E-state index in [1.165, 1.54) is 4.90 Å². The minimum Gasteiger partial charge on any atom is -0.444 e. The maximum atomic E-state index is 12.3. The molecule has 1 atom stereocenters. The van der Waals surface area contributed by atoms with Crippen LogP contribution in [0.1, 0.15) is 32.8 Å². The highest BCUT2D eigenvalue weighted by Crippen LogP contribution is 2.19. The molecule has 1 aliphatic rings. The van der Waals surface area contributed by atoms with E-state index in [1.54, 1.807) is 45.0 Å². The molecule has 134 valence electrons. The Morgan fingerprint density at radius 3 is 2.67 bits per heavy atom. The quantitative estimate of drug-likeness (QED) is 0.879. The van der Waals surface area contributed by atoms with E-state index in [2.05, 4.69) is 4.72 Å². The number of rotatable bonds is 4. The van der Waals surface area contributed by atoms with Crippen molar-refractivity contribution in [2.24, 2.45) is 0 Å². The van der Waals surface area contributed by atoms with Gasteiger partial charge < -0.3 is 9.64 Å². The molecule has 1 heterocycles. The average molecular weight is 375 g/mol. The molecule has 0 unspecified atom stereocenters. The lowest BCUT2D eigenvalue weighted by atomic mass is 10.2. The van der Waals surface area contributed by atoms with Crippen LogP contribution in [0.15, 0.2) is 24.3 Å². The van der Waals surface area contributed by atoms with Gasteiger partial charge in [0.1, 0.15) is 5.60 Å². The zero-order valence-electron chi connectivity index (χ0n) is 14.1. The number of carbonyl (C=O) groups excluding carboxylic acids is 1. The molecular weight excluding hydrogens is 352 g/mol. The second kappa shape index (κ2) is 7.29. The zero-order valence-corrected chi connectivity index (χ0v) is 15.7. The van der Waals surface area contributed by atoms with Crippen LogP contribution in [0.2, 0.25) is 5.02 Å². The summed E-state index contributed by atoms with van der Waals surface area (Å²) in [6, 6.07) is 6.53. The van der Waals surface area contributed by atoms with Crippen LogP contribution < -0.4 is 4.72 Å². The fraction of sp³-hybridized carbons (Fsp3) is 0.562. The number of benzene rings is 1. The largest absolute Gasteiger partial charge is 0.444 e. The van der Waals surface area contributed by atoms with E-state index in [0.717, 1.165) is 0 Å². The van der Waals surface area contributed by atoms with Gasteiger partial charge in [0.2, 0.25) is 10.0 Å². The summed E-state index contributed by atoms with van der Waals surface area (Å²) in [6.45, 7) is 6.16. The van der Waals surface area contributed by atoms with Crippen molar-refractivity contribution in [1.29, 1.82) is 0 Å². The molecule has 1 aliphatic heterocycles. The maximum absolute atomic E-state index is 12.3. The van der Waals surface area contributed by atoms with Gasteiger partial charge in [0.25, 0.3) is 0 Å². The highest BCUT2D eigenvalue weighted by Gasteiger charge is 2.32. The van der Waals surface area contributed by atoms with Crippen LogP contribution in [0.25, 0.3) is 0 Å². The molecular formula is C16H23ClN2O4S. The van der Waals surface area contributed by atoms with Gasteiger partial charge in [-0.15, -0.1) is 0 Å². The van der Waals surface area contributed by atoms with E-state index in [0.29, 0.717) is 30.1 Å². The average Bonchev–Trinajstić information content (AvgIpc) is 2.87. The molecule has 1 fully saturated rings. The first-order valence-corrected chi connectivity index (χ1v) is 9.80. The summed E-state index contributed by atoms with van der Waals surface area (Å²) in [4.78, 5) is 13.5. The fourth-order valence-electron chi connectivity index (χ4n) is 2.46. The predicted molar refractivity (Wildman–Crippen MR) is 93.4 cm³/mol. The summed E-state index contributed by atoms with van der Waals surface area (Å²) in [5, 5.41) is 0.421. The molecule has 1 N–H and O–H groups in total. The molecule has 24 heavy (non-hydrogen) atoms. The van der Waals surface area contributed by atoms with E-state index >= 15 is 0 Å². The molecule has 0 radical (unpaired) electrons. The van der Waals surface area contributed by atoms with Crippen LogP contribution in [-0.2, 0) is 20.5 Å². The smallest absolute Gasteiger partial charge is 0.410 e. The minimum atomic E-state index is -3.54. The molecule has 1 amide bonds. The number of hydrogen-bond acceptors (Lipinski definition) is 4. The number of carbonyl (C=O) groups is 1. The molecule has 0 saturated carbocycles. The second-order valence-corrected chi connectivity index (χ2v) is 9.04. The molecule has 0 aromatic heterocycles. The van der Waals surface area contributed by atoms with Crippen LogP contribution in [0.5, 0.6) is 0 Å². The van der Waals surface area contributed by atoms with Crippen molar-refractivity contribution in [3.63, 3.8) is 0 Å². The van der Waals surface area contributed by atoms with Crippen LogP contribution in [0, 0.1) is 0 Å². The van der Waals surface area contributed by atoms with Crippen LogP contribution in [0.4, 0.5) is 4.79 Å². The Morgan fingerprint density at radius 1 is 1.38 bits per heavy atom. The van der Waals surface area contributed by atoms with Crippen molar-refractivity contribution in [1.82, 2.24) is 9.62 Å². The third kappa shape index (κ3) is 5.65. The lowest BCUT2D eigenvalue weighted by Gasteiger charge is -2.24. The van der Waals surface area contributed by atoms with Crippen molar-refractivity contribution < 1.29 is 17.9 Å². The molecule has 0 spiro atoms. The first kappa shape index (κ1) is 19.0. The van der Waals surface area contributed by atoms with E-state index in [9.17, 15) is 13.2 Å². The first-order chi connectivity index (χ1) is 11.1. The highest BCUT2D eigenvalue weighted by molar-refractivity contribution is 7.88. The van der Waals surface area contributed by atoms with Gasteiger partial charge in [0.05, 0.1) is 5.75 Å².